The first-order valence-corrected chi connectivity index (χ1v) is 5.41. The zero-order valence-electron chi connectivity index (χ0n) is 8.64. The summed E-state index contributed by atoms with van der Waals surface area (Å²) < 4.78 is 13.5. The number of amides is 1. The number of anilines is 1. The fourth-order valence-corrected chi connectivity index (χ4v) is 2.68. The fraction of sp³-hybridized carbons (Fsp3) is 0.417. The number of benzene rings is 1. The molecule has 0 aromatic heterocycles. The number of piperidine rings is 1. The third-order valence-corrected chi connectivity index (χ3v) is 3.63. The van der Waals surface area contributed by atoms with Gasteiger partial charge in [0.2, 0.25) is 5.91 Å². The summed E-state index contributed by atoms with van der Waals surface area (Å²) in [5.41, 5.74) is 0.358. The molecule has 1 saturated heterocycles. The van der Waals surface area contributed by atoms with Gasteiger partial charge >= 0.3 is 0 Å². The van der Waals surface area contributed by atoms with Crippen molar-refractivity contribution in [3.8, 4) is 0 Å². The number of carbonyl (C=O) groups excluding carboxylic acids is 1. The predicted octanol–water partition coefficient (Wildman–Crippen LogP) is 1.03. The highest BCUT2D eigenvalue weighted by molar-refractivity contribution is 6.00. The lowest BCUT2D eigenvalue weighted by atomic mass is 10.2. The van der Waals surface area contributed by atoms with Gasteiger partial charge in [-0.15, -0.1) is 0 Å². The zero-order valence-corrected chi connectivity index (χ0v) is 8.64. The summed E-state index contributed by atoms with van der Waals surface area (Å²) in [6.07, 6.45) is 0. The molecule has 1 amide bonds. The Morgan fingerprint density at radius 3 is 2.75 bits per heavy atom. The number of nitrogens with zero attached hydrogens (tertiary/aromatic N) is 1. The van der Waals surface area contributed by atoms with Crippen LogP contribution >= 0.6 is 0 Å². The Morgan fingerprint density at radius 2 is 2.19 bits per heavy atom. The average Bonchev–Trinajstić information content (AvgIpc) is 2.89. The van der Waals surface area contributed by atoms with Crippen molar-refractivity contribution >= 4 is 11.6 Å². The maximum absolute atomic E-state index is 13.5. The van der Waals surface area contributed by atoms with Gasteiger partial charge in [-0.05, 0) is 24.0 Å². The molecule has 3 nitrogen and oxygen atoms in total. The van der Waals surface area contributed by atoms with Crippen LogP contribution in [0.3, 0.4) is 0 Å². The first-order valence-electron chi connectivity index (χ1n) is 5.41. The topological polar surface area (TPSA) is 40.5 Å². The lowest BCUT2D eigenvalue weighted by Gasteiger charge is -2.20. The van der Waals surface area contributed by atoms with Gasteiger partial charge in [-0.2, -0.15) is 0 Å². The summed E-state index contributed by atoms with van der Waals surface area (Å²) in [6.45, 7) is 0.599. The maximum atomic E-state index is 13.5. The molecule has 0 bridgehead atoms. The lowest BCUT2D eigenvalue weighted by Crippen LogP contribution is -2.31. The molecule has 0 radical (unpaired) electrons. The van der Waals surface area contributed by atoms with Crippen molar-refractivity contribution in [2.45, 2.75) is 0 Å². The lowest BCUT2D eigenvalue weighted by molar-refractivity contribution is -0.119. The largest absolute Gasteiger partial charge is 0.396 e. The van der Waals surface area contributed by atoms with E-state index in [9.17, 15) is 9.18 Å². The Morgan fingerprint density at radius 1 is 1.44 bits per heavy atom. The van der Waals surface area contributed by atoms with Crippen LogP contribution in [0.5, 0.6) is 0 Å². The summed E-state index contributed by atoms with van der Waals surface area (Å²) in [5, 5.41) is 9.00. The van der Waals surface area contributed by atoms with Crippen molar-refractivity contribution in [3.05, 3.63) is 30.1 Å². The molecule has 1 aromatic rings. The molecule has 3 unspecified atom stereocenters. The van der Waals surface area contributed by atoms with Gasteiger partial charge in [-0.3, -0.25) is 4.79 Å². The number of aliphatic hydroxyl groups is 1. The van der Waals surface area contributed by atoms with Crippen molar-refractivity contribution in [3.63, 3.8) is 0 Å². The highest BCUT2D eigenvalue weighted by Crippen LogP contribution is 2.53. The van der Waals surface area contributed by atoms with Crippen molar-refractivity contribution in [1.29, 1.82) is 0 Å². The molecule has 4 heteroatoms. The van der Waals surface area contributed by atoms with Crippen molar-refractivity contribution in [1.82, 2.24) is 0 Å². The van der Waals surface area contributed by atoms with E-state index >= 15 is 0 Å². The Kier molecular flexibility index (Phi) is 2.01. The van der Waals surface area contributed by atoms with E-state index in [1.54, 1.807) is 18.2 Å². The van der Waals surface area contributed by atoms with Gasteiger partial charge in [0.1, 0.15) is 5.82 Å². The first kappa shape index (κ1) is 9.78. The van der Waals surface area contributed by atoms with E-state index in [0.717, 1.165) is 0 Å². The average molecular weight is 221 g/mol. The second kappa shape index (κ2) is 3.28. The molecule has 1 aliphatic heterocycles. The molecule has 1 N–H and O–H groups in total. The number of halogens is 1. The molecule has 2 aliphatic rings. The first-order chi connectivity index (χ1) is 7.74. The van der Waals surface area contributed by atoms with Crippen LogP contribution in [0.4, 0.5) is 10.1 Å². The van der Waals surface area contributed by atoms with E-state index in [0.29, 0.717) is 12.2 Å². The third-order valence-electron chi connectivity index (χ3n) is 3.63. The van der Waals surface area contributed by atoms with Crippen LogP contribution < -0.4 is 4.90 Å². The Balaban J connectivity index is 1.85. The van der Waals surface area contributed by atoms with Gasteiger partial charge in [0.25, 0.3) is 0 Å². The number of aliphatic hydroxyl groups excluding tert-OH is 1. The number of rotatable bonds is 2. The Bertz CT molecular complexity index is 448. The summed E-state index contributed by atoms with van der Waals surface area (Å²) in [6, 6.07) is 6.30. The van der Waals surface area contributed by atoms with Gasteiger partial charge in [0.15, 0.2) is 0 Å². The molecule has 1 saturated carbocycles. The number of hydrogen-bond donors (Lipinski definition) is 1. The van der Waals surface area contributed by atoms with Crippen LogP contribution in [0.2, 0.25) is 0 Å². The van der Waals surface area contributed by atoms with Crippen LogP contribution in [0, 0.1) is 23.6 Å². The quantitative estimate of drug-likeness (QED) is 0.810. The van der Waals surface area contributed by atoms with Crippen LogP contribution in [-0.2, 0) is 4.79 Å². The molecule has 2 fully saturated rings. The normalized spacial score (nSPS) is 31.8. The minimum Gasteiger partial charge on any atom is -0.396 e. The minimum absolute atomic E-state index is 0.0471. The highest BCUT2D eigenvalue weighted by Gasteiger charge is 2.61. The maximum Gasteiger partial charge on any atom is 0.230 e. The summed E-state index contributed by atoms with van der Waals surface area (Å²) in [5.74, 6) is -0.163. The van der Waals surface area contributed by atoms with E-state index < -0.39 is 0 Å². The summed E-state index contributed by atoms with van der Waals surface area (Å²) in [4.78, 5) is 13.4. The summed E-state index contributed by atoms with van der Waals surface area (Å²) >= 11 is 0. The van der Waals surface area contributed by atoms with Crippen molar-refractivity contribution < 1.29 is 14.3 Å². The molecular weight excluding hydrogens is 209 g/mol. The van der Waals surface area contributed by atoms with E-state index in [2.05, 4.69) is 0 Å². The SMILES string of the molecule is O=C1C2C(CO)C2CN1c1ccccc1F. The van der Waals surface area contributed by atoms with E-state index in [-0.39, 0.29) is 36.1 Å². The number of fused-ring (bicyclic) bond motifs is 1. The molecule has 16 heavy (non-hydrogen) atoms. The van der Waals surface area contributed by atoms with Crippen LogP contribution in [-0.4, -0.2) is 24.2 Å². The van der Waals surface area contributed by atoms with Gasteiger partial charge in [-0.1, -0.05) is 12.1 Å². The molecule has 1 aromatic carbocycles. The van der Waals surface area contributed by atoms with Gasteiger partial charge in [0.05, 0.1) is 5.69 Å². The Hall–Kier alpha value is -1.42. The molecule has 1 aliphatic carbocycles. The second-order valence-corrected chi connectivity index (χ2v) is 4.44. The fourth-order valence-electron chi connectivity index (χ4n) is 2.68. The highest BCUT2D eigenvalue weighted by atomic mass is 19.1. The van der Waals surface area contributed by atoms with Gasteiger partial charge in [0, 0.05) is 19.1 Å². The van der Waals surface area contributed by atoms with Gasteiger partial charge < -0.3 is 10.0 Å². The molecule has 0 spiro atoms. The van der Waals surface area contributed by atoms with E-state index in [4.69, 9.17) is 5.11 Å². The standard InChI is InChI=1S/C12H12FNO2/c13-9-3-1-2-4-10(9)14-5-7-8(6-15)11(7)12(14)16/h1-4,7-8,11,15H,5-6H2. The van der Waals surface area contributed by atoms with E-state index in [1.165, 1.54) is 11.0 Å². The molecule has 1 heterocycles. The number of para-hydroxylation sites is 1. The third kappa shape index (κ3) is 1.19. The smallest absolute Gasteiger partial charge is 0.230 e. The van der Waals surface area contributed by atoms with E-state index in [1.807, 2.05) is 0 Å². The van der Waals surface area contributed by atoms with Gasteiger partial charge in [-0.25, -0.2) is 4.39 Å². The minimum atomic E-state index is -0.363. The van der Waals surface area contributed by atoms with Crippen LogP contribution in [0.25, 0.3) is 0 Å². The van der Waals surface area contributed by atoms with Crippen LogP contribution in [0.15, 0.2) is 24.3 Å². The zero-order chi connectivity index (χ0) is 11.3. The van der Waals surface area contributed by atoms with Crippen LogP contribution in [0.1, 0.15) is 0 Å². The molecular formula is C12H12FNO2. The predicted molar refractivity (Wildman–Crippen MR) is 56.3 cm³/mol. The molecule has 3 atom stereocenters. The summed E-state index contributed by atoms with van der Waals surface area (Å²) in [7, 11) is 0. The Labute approximate surface area is 92.5 Å². The second-order valence-electron chi connectivity index (χ2n) is 4.44. The monoisotopic (exact) mass is 221 g/mol. The molecule has 3 rings (SSSR count). The van der Waals surface area contributed by atoms with Crippen molar-refractivity contribution in [2.24, 2.45) is 17.8 Å². The molecule has 84 valence electrons. The number of hydrogen-bond acceptors (Lipinski definition) is 2. The van der Waals surface area contributed by atoms with Crippen molar-refractivity contribution in [2.75, 3.05) is 18.1 Å². The number of carbonyl (C=O) groups is 1.